The van der Waals surface area contributed by atoms with E-state index in [-0.39, 0.29) is 11.6 Å². The first-order valence-electron chi connectivity index (χ1n) is 8.00. The summed E-state index contributed by atoms with van der Waals surface area (Å²) in [7, 11) is 3.82. The summed E-state index contributed by atoms with van der Waals surface area (Å²) in [5.74, 6) is 0. The van der Waals surface area contributed by atoms with Crippen molar-refractivity contribution in [2.24, 2.45) is 7.05 Å². The zero-order valence-corrected chi connectivity index (χ0v) is 14.5. The van der Waals surface area contributed by atoms with Gasteiger partial charge in [-0.15, -0.1) is 0 Å². The lowest BCUT2D eigenvalue weighted by atomic mass is 9.77. The van der Waals surface area contributed by atoms with Crippen LogP contribution in [0.25, 0.3) is 0 Å². The van der Waals surface area contributed by atoms with Crippen molar-refractivity contribution in [3.05, 3.63) is 16.4 Å². The highest BCUT2D eigenvalue weighted by atomic mass is 35.5. The van der Waals surface area contributed by atoms with E-state index in [0.717, 1.165) is 42.2 Å². The highest BCUT2D eigenvalue weighted by Gasteiger charge is 2.40. The third-order valence-corrected chi connectivity index (χ3v) is 5.34. The quantitative estimate of drug-likeness (QED) is 0.876. The SMILES string of the molecule is CCNC(Cc1c(Cl)c(C)nn1C)C1(OC)CCCCC1. The summed E-state index contributed by atoms with van der Waals surface area (Å²) >= 11 is 6.43. The molecule has 1 aliphatic carbocycles. The number of ether oxygens (including phenoxy) is 1. The molecular weight excluding hydrogens is 286 g/mol. The Morgan fingerprint density at radius 1 is 1.38 bits per heavy atom. The van der Waals surface area contributed by atoms with E-state index in [1.165, 1.54) is 19.3 Å². The van der Waals surface area contributed by atoms with E-state index in [0.29, 0.717) is 0 Å². The van der Waals surface area contributed by atoms with E-state index in [4.69, 9.17) is 16.3 Å². The van der Waals surface area contributed by atoms with Gasteiger partial charge in [0.1, 0.15) is 0 Å². The molecule has 0 spiro atoms. The number of likely N-dealkylation sites (N-methyl/N-ethyl adjacent to an activating group) is 1. The van der Waals surface area contributed by atoms with Crippen molar-refractivity contribution < 1.29 is 4.74 Å². The van der Waals surface area contributed by atoms with Crippen LogP contribution in [-0.4, -0.2) is 35.1 Å². The molecule has 1 atom stereocenters. The number of nitrogens with zero attached hydrogens (tertiary/aromatic N) is 2. The Morgan fingerprint density at radius 2 is 2.05 bits per heavy atom. The van der Waals surface area contributed by atoms with Gasteiger partial charge in [0.2, 0.25) is 0 Å². The van der Waals surface area contributed by atoms with Gasteiger partial charge in [0, 0.05) is 26.6 Å². The molecule has 0 radical (unpaired) electrons. The van der Waals surface area contributed by atoms with Crippen LogP contribution in [0.5, 0.6) is 0 Å². The molecule has 1 unspecified atom stereocenters. The van der Waals surface area contributed by atoms with Crippen LogP contribution in [0.1, 0.15) is 50.4 Å². The molecule has 2 rings (SSSR count). The van der Waals surface area contributed by atoms with Crippen molar-refractivity contribution in [1.29, 1.82) is 0 Å². The summed E-state index contributed by atoms with van der Waals surface area (Å²) in [4.78, 5) is 0. The molecule has 1 heterocycles. The summed E-state index contributed by atoms with van der Waals surface area (Å²) < 4.78 is 7.93. The third kappa shape index (κ3) is 3.43. The first kappa shape index (κ1) is 16.8. The standard InChI is InChI=1S/C16H28ClN3O/c1-5-18-14(16(21-4)9-7-6-8-10-16)11-13-15(17)12(2)19-20(13)3/h14,18H,5-11H2,1-4H3. The molecule has 1 saturated carbocycles. The van der Waals surface area contributed by atoms with Gasteiger partial charge in [0.25, 0.3) is 0 Å². The minimum Gasteiger partial charge on any atom is -0.377 e. The maximum atomic E-state index is 6.43. The van der Waals surface area contributed by atoms with Gasteiger partial charge < -0.3 is 10.1 Å². The molecule has 1 aliphatic rings. The number of halogens is 1. The zero-order valence-electron chi connectivity index (χ0n) is 13.7. The molecule has 1 aromatic heterocycles. The van der Waals surface area contributed by atoms with E-state index in [1.54, 1.807) is 0 Å². The van der Waals surface area contributed by atoms with E-state index < -0.39 is 0 Å². The third-order valence-electron chi connectivity index (χ3n) is 4.85. The van der Waals surface area contributed by atoms with Gasteiger partial charge in [-0.25, -0.2) is 0 Å². The second-order valence-electron chi connectivity index (χ2n) is 6.11. The Balaban J connectivity index is 2.25. The molecule has 0 aromatic carbocycles. The van der Waals surface area contributed by atoms with E-state index >= 15 is 0 Å². The molecule has 120 valence electrons. The number of methoxy groups -OCH3 is 1. The zero-order chi connectivity index (χ0) is 15.5. The fourth-order valence-electron chi connectivity index (χ4n) is 3.63. The lowest BCUT2D eigenvalue weighted by Gasteiger charge is -2.43. The molecular formula is C16H28ClN3O. The lowest BCUT2D eigenvalue weighted by molar-refractivity contribution is -0.0673. The second kappa shape index (κ2) is 7.12. The van der Waals surface area contributed by atoms with Gasteiger partial charge in [-0.1, -0.05) is 37.8 Å². The molecule has 5 heteroatoms. The molecule has 1 N–H and O–H groups in total. The summed E-state index contributed by atoms with van der Waals surface area (Å²) in [5.41, 5.74) is 1.93. The maximum Gasteiger partial charge on any atom is 0.0847 e. The Morgan fingerprint density at radius 3 is 2.52 bits per heavy atom. The smallest absolute Gasteiger partial charge is 0.0847 e. The fraction of sp³-hybridized carbons (Fsp3) is 0.812. The Kier molecular flexibility index (Phi) is 5.69. The van der Waals surface area contributed by atoms with Crippen molar-refractivity contribution in [1.82, 2.24) is 15.1 Å². The number of aryl methyl sites for hydroxylation is 2. The fourth-order valence-corrected chi connectivity index (χ4v) is 3.87. The van der Waals surface area contributed by atoms with Crippen molar-refractivity contribution >= 4 is 11.6 Å². The number of hydrogen-bond acceptors (Lipinski definition) is 3. The Bertz CT molecular complexity index is 466. The van der Waals surface area contributed by atoms with E-state index in [2.05, 4.69) is 17.3 Å². The predicted octanol–water partition coefficient (Wildman–Crippen LogP) is 3.25. The summed E-state index contributed by atoms with van der Waals surface area (Å²) in [6, 6.07) is 0.278. The molecule has 0 bridgehead atoms. The number of rotatable bonds is 6. The van der Waals surface area contributed by atoms with Crippen molar-refractivity contribution in [2.75, 3.05) is 13.7 Å². The number of aromatic nitrogens is 2. The minimum absolute atomic E-state index is 0.0736. The highest BCUT2D eigenvalue weighted by molar-refractivity contribution is 6.31. The van der Waals surface area contributed by atoms with E-state index in [9.17, 15) is 0 Å². The van der Waals surface area contributed by atoms with Gasteiger partial charge in [0.15, 0.2) is 0 Å². The molecule has 0 amide bonds. The second-order valence-corrected chi connectivity index (χ2v) is 6.49. The molecule has 0 saturated heterocycles. The van der Waals surface area contributed by atoms with Crippen molar-refractivity contribution in [3.63, 3.8) is 0 Å². The van der Waals surface area contributed by atoms with Gasteiger partial charge in [0.05, 0.1) is 22.0 Å². The lowest BCUT2D eigenvalue weighted by Crippen LogP contribution is -2.54. The topological polar surface area (TPSA) is 39.1 Å². The molecule has 0 aliphatic heterocycles. The summed E-state index contributed by atoms with van der Waals surface area (Å²) in [6.45, 7) is 5.04. The van der Waals surface area contributed by atoms with Crippen LogP contribution in [0.2, 0.25) is 5.02 Å². The molecule has 1 fully saturated rings. The Hall–Kier alpha value is -0.580. The van der Waals surface area contributed by atoms with Crippen LogP contribution in [0.4, 0.5) is 0 Å². The van der Waals surface area contributed by atoms with Crippen LogP contribution >= 0.6 is 11.6 Å². The number of hydrogen-bond donors (Lipinski definition) is 1. The van der Waals surface area contributed by atoms with Crippen molar-refractivity contribution in [2.45, 2.75) is 64.0 Å². The van der Waals surface area contributed by atoms with Crippen LogP contribution in [-0.2, 0) is 18.2 Å². The van der Waals surface area contributed by atoms with Crippen LogP contribution < -0.4 is 5.32 Å². The average Bonchev–Trinajstić information content (AvgIpc) is 2.73. The first-order valence-corrected chi connectivity index (χ1v) is 8.38. The minimum atomic E-state index is -0.0736. The summed E-state index contributed by atoms with van der Waals surface area (Å²) in [6.07, 6.45) is 6.90. The molecule has 1 aromatic rings. The van der Waals surface area contributed by atoms with Gasteiger partial charge in [-0.2, -0.15) is 5.10 Å². The van der Waals surface area contributed by atoms with Gasteiger partial charge in [-0.3, -0.25) is 4.68 Å². The van der Waals surface area contributed by atoms with Crippen LogP contribution in [0.15, 0.2) is 0 Å². The normalized spacial score (nSPS) is 19.7. The largest absolute Gasteiger partial charge is 0.377 e. The molecule has 4 nitrogen and oxygen atoms in total. The molecule has 21 heavy (non-hydrogen) atoms. The first-order chi connectivity index (χ1) is 10.0. The summed E-state index contributed by atoms with van der Waals surface area (Å²) in [5, 5.41) is 8.86. The Labute approximate surface area is 133 Å². The maximum absolute atomic E-state index is 6.43. The van der Waals surface area contributed by atoms with Gasteiger partial charge in [-0.05, 0) is 26.3 Å². The highest BCUT2D eigenvalue weighted by Crippen LogP contribution is 2.36. The van der Waals surface area contributed by atoms with Gasteiger partial charge >= 0.3 is 0 Å². The van der Waals surface area contributed by atoms with Crippen molar-refractivity contribution in [3.8, 4) is 0 Å². The number of nitrogens with one attached hydrogen (secondary N) is 1. The van der Waals surface area contributed by atoms with Crippen LogP contribution in [0.3, 0.4) is 0 Å². The average molecular weight is 314 g/mol. The van der Waals surface area contributed by atoms with E-state index in [1.807, 2.05) is 25.8 Å². The monoisotopic (exact) mass is 313 g/mol. The van der Waals surface area contributed by atoms with Crippen LogP contribution in [0, 0.1) is 6.92 Å². The predicted molar refractivity (Wildman–Crippen MR) is 86.9 cm³/mol.